The van der Waals surface area contributed by atoms with Gasteiger partial charge in [-0.25, -0.2) is 13.1 Å². The summed E-state index contributed by atoms with van der Waals surface area (Å²) in [6.45, 7) is 0.631. The van der Waals surface area contributed by atoms with Gasteiger partial charge in [0.15, 0.2) is 0 Å². The van der Waals surface area contributed by atoms with Crippen molar-refractivity contribution in [3.63, 3.8) is 0 Å². The number of aromatic nitrogens is 2. The highest BCUT2D eigenvalue weighted by molar-refractivity contribution is 7.89. The van der Waals surface area contributed by atoms with E-state index in [2.05, 4.69) is 10.00 Å². The maximum absolute atomic E-state index is 12.9. The second-order valence-corrected chi connectivity index (χ2v) is 8.97. The molecule has 1 saturated heterocycles. The smallest absolute Gasteiger partial charge is 0.296 e. The van der Waals surface area contributed by atoms with Crippen LogP contribution in [0.2, 0.25) is 10.0 Å². The summed E-state index contributed by atoms with van der Waals surface area (Å²) < 4.78 is 53.0. The number of hydrogen-bond acceptors (Lipinski definition) is 4. The van der Waals surface area contributed by atoms with Crippen LogP contribution < -0.4 is 0 Å². The van der Waals surface area contributed by atoms with Gasteiger partial charge in [0.05, 0.1) is 21.9 Å². The lowest BCUT2D eigenvalue weighted by Crippen LogP contribution is -2.48. The largest absolute Gasteiger partial charge is 0.333 e. The van der Waals surface area contributed by atoms with Gasteiger partial charge in [-0.3, -0.25) is 4.90 Å². The first-order chi connectivity index (χ1) is 12.7. The molecule has 3 rings (SSSR count). The summed E-state index contributed by atoms with van der Waals surface area (Å²) in [6, 6.07) is 5.39. The van der Waals surface area contributed by atoms with Gasteiger partial charge in [0, 0.05) is 32.7 Å². The molecule has 2 aromatic rings. The van der Waals surface area contributed by atoms with E-state index < -0.39 is 16.6 Å². The Hall–Kier alpha value is -1.26. The highest BCUT2D eigenvalue weighted by Crippen LogP contribution is 2.25. The fourth-order valence-electron chi connectivity index (χ4n) is 3.02. The third-order valence-electron chi connectivity index (χ3n) is 4.52. The molecule has 1 aliphatic rings. The van der Waals surface area contributed by atoms with Crippen LogP contribution in [0.5, 0.6) is 0 Å². The van der Waals surface area contributed by atoms with Crippen molar-refractivity contribution < 1.29 is 17.2 Å². The molecule has 0 aliphatic carbocycles. The summed E-state index contributed by atoms with van der Waals surface area (Å²) >= 11 is 11.9. The maximum Gasteiger partial charge on any atom is 0.333 e. The summed E-state index contributed by atoms with van der Waals surface area (Å²) in [5.41, 5.74) is 0.915. The van der Waals surface area contributed by atoms with Crippen LogP contribution in [-0.4, -0.2) is 53.6 Å². The molecule has 148 valence electrons. The molecule has 0 unspecified atom stereocenters. The van der Waals surface area contributed by atoms with Gasteiger partial charge in [0.25, 0.3) is 0 Å². The molecule has 1 aliphatic heterocycles. The van der Waals surface area contributed by atoms with E-state index in [0.29, 0.717) is 34.4 Å². The Labute approximate surface area is 166 Å². The van der Waals surface area contributed by atoms with Gasteiger partial charge in [-0.05, 0) is 24.6 Å². The van der Waals surface area contributed by atoms with Gasteiger partial charge in [0.2, 0.25) is 10.0 Å². The Bertz CT molecular complexity index is 928. The Balaban J connectivity index is 1.67. The molecule has 6 nitrogen and oxygen atoms in total. The zero-order valence-corrected chi connectivity index (χ0v) is 16.8. The molecular weight excluding hydrogens is 421 g/mol. The molecule has 0 saturated carbocycles. The number of alkyl halides is 2. The van der Waals surface area contributed by atoms with Crippen molar-refractivity contribution >= 4 is 33.2 Å². The molecule has 1 aromatic carbocycles. The van der Waals surface area contributed by atoms with Crippen molar-refractivity contribution in [1.29, 1.82) is 0 Å². The molecule has 2 heterocycles. The second kappa shape index (κ2) is 8.00. The highest BCUT2D eigenvalue weighted by atomic mass is 35.5. The molecule has 0 amide bonds. The number of nitrogens with zero attached hydrogens (tertiary/aromatic N) is 4. The predicted molar refractivity (Wildman–Crippen MR) is 98.7 cm³/mol. The SMILES string of the molecule is Cc1c(S(=O)(=O)N2CCN(Cc3ccc(Cl)c(Cl)c3)CC2)cnn1C(F)F. The van der Waals surface area contributed by atoms with Crippen LogP contribution >= 0.6 is 23.2 Å². The van der Waals surface area contributed by atoms with Crippen LogP contribution in [0.15, 0.2) is 29.3 Å². The standard InChI is InChI=1S/C16H18Cl2F2N4O2S/c1-11-15(9-21-24(11)16(19)20)27(25,26)23-6-4-22(5-7-23)10-12-2-3-13(17)14(18)8-12/h2-3,8-9,16H,4-7,10H2,1H3. The number of sulfonamides is 1. The Morgan fingerprint density at radius 1 is 1.15 bits per heavy atom. The van der Waals surface area contributed by atoms with Gasteiger partial charge in [-0.2, -0.15) is 18.2 Å². The van der Waals surface area contributed by atoms with Crippen molar-refractivity contribution in [2.75, 3.05) is 26.2 Å². The van der Waals surface area contributed by atoms with E-state index in [1.54, 1.807) is 12.1 Å². The summed E-state index contributed by atoms with van der Waals surface area (Å²) in [7, 11) is -3.86. The number of rotatable bonds is 5. The normalized spacial score (nSPS) is 17.0. The summed E-state index contributed by atoms with van der Waals surface area (Å²) in [6.07, 6.45) is 0.985. The molecule has 27 heavy (non-hydrogen) atoms. The molecular formula is C16H18Cl2F2N4O2S. The van der Waals surface area contributed by atoms with Crippen LogP contribution in [0.4, 0.5) is 8.78 Å². The lowest BCUT2D eigenvalue weighted by atomic mass is 10.2. The lowest BCUT2D eigenvalue weighted by molar-refractivity contribution is 0.0541. The summed E-state index contributed by atoms with van der Waals surface area (Å²) in [5, 5.41) is 4.45. The Kier molecular flexibility index (Phi) is 6.07. The fourth-order valence-corrected chi connectivity index (χ4v) is 4.91. The molecule has 0 bridgehead atoms. The molecule has 1 aromatic heterocycles. The minimum Gasteiger partial charge on any atom is -0.296 e. The average Bonchev–Trinajstić information content (AvgIpc) is 3.01. The quantitative estimate of drug-likeness (QED) is 0.717. The topological polar surface area (TPSA) is 58.4 Å². The fraction of sp³-hybridized carbons (Fsp3) is 0.438. The van der Waals surface area contributed by atoms with Crippen molar-refractivity contribution in [2.24, 2.45) is 0 Å². The molecule has 0 spiro atoms. The van der Waals surface area contributed by atoms with Crippen molar-refractivity contribution in [1.82, 2.24) is 19.0 Å². The number of halogens is 4. The molecule has 11 heteroatoms. The van der Waals surface area contributed by atoms with E-state index in [9.17, 15) is 17.2 Å². The average molecular weight is 439 g/mol. The Morgan fingerprint density at radius 2 is 1.81 bits per heavy atom. The maximum atomic E-state index is 12.9. The van der Waals surface area contributed by atoms with Gasteiger partial charge in [0.1, 0.15) is 4.90 Å². The summed E-state index contributed by atoms with van der Waals surface area (Å²) in [4.78, 5) is 1.92. The van der Waals surface area contributed by atoms with Gasteiger partial charge in [-0.1, -0.05) is 29.3 Å². The lowest BCUT2D eigenvalue weighted by Gasteiger charge is -2.33. The monoisotopic (exact) mass is 438 g/mol. The second-order valence-electron chi connectivity index (χ2n) is 6.25. The number of piperazine rings is 1. The van der Waals surface area contributed by atoms with E-state index in [-0.39, 0.29) is 23.7 Å². The predicted octanol–water partition coefficient (Wildman–Crippen LogP) is 3.40. The molecule has 0 radical (unpaired) electrons. The first-order valence-electron chi connectivity index (χ1n) is 8.19. The third kappa shape index (κ3) is 4.27. The van der Waals surface area contributed by atoms with E-state index in [1.807, 2.05) is 6.07 Å². The first-order valence-corrected chi connectivity index (χ1v) is 10.4. The number of hydrogen-bond donors (Lipinski definition) is 0. The van der Waals surface area contributed by atoms with E-state index in [0.717, 1.165) is 11.8 Å². The van der Waals surface area contributed by atoms with Crippen LogP contribution in [0.25, 0.3) is 0 Å². The van der Waals surface area contributed by atoms with Gasteiger partial charge in [-0.15, -0.1) is 0 Å². The van der Waals surface area contributed by atoms with Gasteiger partial charge < -0.3 is 0 Å². The van der Waals surface area contributed by atoms with Crippen LogP contribution in [0, 0.1) is 6.92 Å². The first kappa shape index (κ1) is 20.5. The highest BCUT2D eigenvalue weighted by Gasteiger charge is 2.32. The zero-order chi connectivity index (χ0) is 19.8. The zero-order valence-electron chi connectivity index (χ0n) is 14.4. The Morgan fingerprint density at radius 3 is 2.37 bits per heavy atom. The minimum atomic E-state index is -3.86. The molecule has 0 N–H and O–H groups in total. The van der Waals surface area contributed by atoms with E-state index >= 15 is 0 Å². The minimum absolute atomic E-state index is 0.0664. The van der Waals surface area contributed by atoms with E-state index in [4.69, 9.17) is 23.2 Å². The van der Waals surface area contributed by atoms with Crippen molar-refractivity contribution in [2.45, 2.75) is 24.9 Å². The molecule has 0 atom stereocenters. The van der Waals surface area contributed by atoms with Crippen LogP contribution in [0.1, 0.15) is 17.8 Å². The van der Waals surface area contributed by atoms with Crippen LogP contribution in [0.3, 0.4) is 0 Å². The molecule has 1 fully saturated rings. The van der Waals surface area contributed by atoms with E-state index in [1.165, 1.54) is 11.2 Å². The van der Waals surface area contributed by atoms with Gasteiger partial charge >= 0.3 is 6.55 Å². The van der Waals surface area contributed by atoms with Crippen LogP contribution in [-0.2, 0) is 16.6 Å². The van der Waals surface area contributed by atoms with Crippen molar-refractivity contribution in [3.05, 3.63) is 45.7 Å². The summed E-state index contributed by atoms with van der Waals surface area (Å²) in [5.74, 6) is 0. The van der Waals surface area contributed by atoms with Crippen molar-refractivity contribution in [3.8, 4) is 0 Å². The third-order valence-corrected chi connectivity index (χ3v) is 7.26. The number of benzene rings is 1.